The molecular weight excluding hydrogens is 317 g/mol. The summed E-state index contributed by atoms with van der Waals surface area (Å²) in [4.78, 5) is 15.0. The van der Waals surface area contributed by atoms with E-state index in [4.69, 9.17) is 28.6 Å². The number of nitrogens with zero attached hydrogens (tertiary/aromatic N) is 1. The van der Waals surface area contributed by atoms with E-state index in [1.54, 1.807) is 18.6 Å². The fraction of sp³-hybridized carbons (Fsp3) is 0.385. The molecule has 1 heterocycles. The largest absolute Gasteiger partial charge is 0.383 e. The molecule has 0 saturated carbocycles. The lowest BCUT2D eigenvalue weighted by molar-refractivity contribution is -0.124. The van der Waals surface area contributed by atoms with Crippen LogP contribution in [0.25, 0.3) is 11.0 Å². The van der Waals surface area contributed by atoms with Gasteiger partial charge in [0, 0.05) is 19.7 Å². The van der Waals surface area contributed by atoms with Gasteiger partial charge in [-0.2, -0.15) is 0 Å². The van der Waals surface area contributed by atoms with E-state index >= 15 is 0 Å². The quantitative estimate of drug-likeness (QED) is 0.654. The second-order valence-corrected chi connectivity index (χ2v) is 5.34. The molecule has 1 atom stereocenters. The minimum absolute atomic E-state index is 0.0164. The average Bonchev–Trinajstić information content (AvgIpc) is 2.74. The molecule has 8 heteroatoms. The van der Waals surface area contributed by atoms with Crippen molar-refractivity contribution in [3.05, 3.63) is 27.7 Å². The molecule has 0 bridgehead atoms. The molecule has 0 aliphatic carbocycles. The third kappa shape index (κ3) is 3.25. The normalized spacial score (nSPS) is 12.6. The molecule has 1 aromatic heterocycles. The Morgan fingerprint density at radius 3 is 3.00 bits per heavy atom. The summed E-state index contributed by atoms with van der Waals surface area (Å²) >= 11 is 11.0. The second kappa shape index (κ2) is 6.55. The van der Waals surface area contributed by atoms with E-state index in [1.165, 1.54) is 12.1 Å². The SMILES string of the molecule is COCCNC(=O)C(C)n1c(=S)[nH]c2cc(F)c(Cl)cc21. The summed E-state index contributed by atoms with van der Waals surface area (Å²) in [7, 11) is 1.56. The van der Waals surface area contributed by atoms with Crippen LogP contribution < -0.4 is 5.32 Å². The first-order valence-electron chi connectivity index (χ1n) is 6.31. The van der Waals surface area contributed by atoms with Gasteiger partial charge in [0.25, 0.3) is 0 Å². The van der Waals surface area contributed by atoms with Crippen LogP contribution in [0.5, 0.6) is 0 Å². The number of fused-ring (bicyclic) bond motifs is 1. The van der Waals surface area contributed by atoms with E-state index in [-0.39, 0.29) is 10.9 Å². The van der Waals surface area contributed by atoms with Gasteiger partial charge < -0.3 is 19.6 Å². The Bertz CT molecular complexity index is 728. The van der Waals surface area contributed by atoms with Gasteiger partial charge in [-0.25, -0.2) is 4.39 Å². The maximum atomic E-state index is 13.5. The van der Waals surface area contributed by atoms with Crippen molar-refractivity contribution in [2.24, 2.45) is 0 Å². The molecular formula is C13H15ClFN3O2S. The molecule has 0 fully saturated rings. The second-order valence-electron chi connectivity index (χ2n) is 4.54. The van der Waals surface area contributed by atoms with Crippen molar-refractivity contribution >= 4 is 40.8 Å². The smallest absolute Gasteiger partial charge is 0.242 e. The third-order valence-electron chi connectivity index (χ3n) is 3.13. The van der Waals surface area contributed by atoms with Gasteiger partial charge in [-0.15, -0.1) is 0 Å². The zero-order chi connectivity index (χ0) is 15.6. The van der Waals surface area contributed by atoms with E-state index in [2.05, 4.69) is 10.3 Å². The van der Waals surface area contributed by atoms with Crippen LogP contribution >= 0.6 is 23.8 Å². The van der Waals surface area contributed by atoms with Gasteiger partial charge in [-0.3, -0.25) is 4.79 Å². The fourth-order valence-corrected chi connectivity index (χ4v) is 2.57. The van der Waals surface area contributed by atoms with Crippen molar-refractivity contribution in [1.29, 1.82) is 0 Å². The van der Waals surface area contributed by atoms with Gasteiger partial charge in [0.05, 0.1) is 22.7 Å². The number of aromatic amines is 1. The molecule has 0 saturated heterocycles. The molecule has 0 radical (unpaired) electrons. The number of ether oxygens (including phenoxy) is 1. The molecule has 5 nitrogen and oxygen atoms in total. The van der Waals surface area contributed by atoms with Crippen LogP contribution in [-0.4, -0.2) is 35.7 Å². The number of H-pyrrole nitrogens is 1. The summed E-state index contributed by atoms with van der Waals surface area (Å²) in [5, 5.41) is 2.72. The Labute approximate surface area is 131 Å². The Kier molecular flexibility index (Phi) is 4.97. The van der Waals surface area contributed by atoms with Crippen molar-refractivity contribution < 1.29 is 13.9 Å². The highest BCUT2D eigenvalue weighted by molar-refractivity contribution is 7.71. The highest BCUT2D eigenvalue weighted by Crippen LogP contribution is 2.25. The van der Waals surface area contributed by atoms with Gasteiger partial charge in [0.1, 0.15) is 11.9 Å². The number of halogens is 2. The molecule has 114 valence electrons. The van der Waals surface area contributed by atoms with E-state index in [9.17, 15) is 9.18 Å². The Hall–Kier alpha value is -1.44. The summed E-state index contributed by atoms with van der Waals surface area (Å²) in [6.45, 7) is 2.54. The van der Waals surface area contributed by atoms with Crippen LogP contribution in [-0.2, 0) is 9.53 Å². The first-order valence-corrected chi connectivity index (χ1v) is 7.10. The topological polar surface area (TPSA) is 59.0 Å². The number of imidazole rings is 1. The number of benzene rings is 1. The molecule has 2 aromatic rings. The number of rotatable bonds is 5. The van der Waals surface area contributed by atoms with Crippen molar-refractivity contribution in [3.8, 4) is 0 Å². The fourth-order valence-electron chi connectivity index (χ4n) is 2.05. The Morgan fingerprint density at radius 2 is 2.33 bits per heavy atom. The maximum absolute atomic E-state index is 13.5. The predicted octanol–water partition coefficient (Wildman–Crippen LogP) is 2.81. The summed E-state index contributed by atoms with van der Waals surface area (Å²) in [5.41, 5.74) is 1.08. The molecule has 2 N–H and O–H groups in total. The van der Waals surface area contributed by atoms with E-state index in [0.717, 1.165) is 0 Å². The zero-order valence-corrected chi connectivity index (χ0v) is 13.1. The van der Waals surface area contributed by atoms with Crippen LogP contribution in [0.3, 0.4) is 0 Å². The summed E-state index contributed by atoms with van der Waals surface area (Å²) in [6.07, 6.45) is 0. The number of amides is 1. The number of hydrogen-bond acceptors (Lipinski definition) is 3. The van der Waals surface area contributed by atoms with E-state index in [0.29, 0.717) is 29.0 Å². The number of hydrogen-bond donors (Lipinski definition) is 2. The van der Waals surface area contributed by atoms with Crippen molar-refractivity contribution in [1.82, 2.24) is 14.9 Å². The minimum atomic E-state index is -0.551. The molecule has 1 aromatic carbocycles. The first-order chi connectivity index (χ1) is 9.95. The van der Waals surface area contributed by atoms with Gasteiger partial charge >= 0.3 is 0 Å². The minimum Gasteiger partial charge on any atom is -0.383 e. The number of nitrogens with one attached hydrogen (secondary N) is 2. The molecule has 1 amide bonds. The van der Waals surface area contributed by atoms with Crippen molar-refractivity contribution in [2.45, 2.75) is 13.0 Å². The lowest BCUT2D eigenvalue weighted by atomic mass is 10.2. The average molecular weight is 332 g/mol. The molecule has 21 heavy (non-hydrogen) atoms. The highest BCUT2D eigenvalue weighted by Gasteiger charge is 2.19. The van der Waals surface area contributed by atoms with Crippen LogP contribution in [0.15, 0.2) is 12.1 Å². The monoisotopic (exact) mass is 331 g/mol. The van der Waals surface area contributed by atoms with Crippen LogP contribution in [0.1, 0.15) is 13.0 Å². The summed E-state index contributed by atoms with van der Waals surface area (Å²) in [6, 6.07) is 2.17. The lowest BCUT2D eigenvalue weighted by Crippen LogP contribution is -2.33. The molecule has 0 aliphatic rings. The van der Waals surface area contributed by atoms with E-state index < -0.39 is 11.9 Å². The van der Waals surface area contributed by atoms with Gasteiger partial charge in [-0.05, 0) is 25.2 Å². The van der Waals surface area contributed by atoms with Gasteiger partial charge in [0.2, 0.25) is 5.91 Å². The lowest BCUT2D eigenvalue weighted by Gasteiger charge is -2.14. The zero-order valence-electron chi connectivity index (χ0n) is 11.6. The van der Waals surface area contributed by atoms with E-state index in [1.807, 2.05) is 0 Å². The van der Waals surface area contributed by atoms with Crippen molar-refractivity contribution in [3.63, 3.8) is 0 Å². The van der Waals surface area contributed by atoms with Crippen LogP contribution in [0.2, 0.25) is 5.02 Å². The number of carbonyl (C=O) groups is 1. The first kappa shape index (κ1) is 15.9. The molecule has 0 aliphatic heterocycles. The molecule has 2 rings (SSSR count). The van der Waals surface area contributed by atoms with Crippen LogP contribution in [0, 0.1) is 10.6 Å². The standard InChI is InChI=1S/C13H15ClFN3O2S/c1-7(12(19)16-3-4-20-2)18-11-5-8(14)9(15)6-10(11)17-13(18)21/h5-7H,3-4H2,1-2H3,(H,16,19)(H,17,21). The Morgan fingerprint density at radius 1 is 1.62 bits per heavy atom. The third-order valence-corrected chi connectivity index (χ3v) is 3.72. The molecule has 1 unspecified atom stereocenters. The summed E-state index contributed by atoms with van der Waals surface area (Å²) in [5.74, 6) is -0.741. The molecule has 0 spiro atoms. The number of methoxy groups -OCH3 is 1. The predicted molar refractivity (Wildman–Crippen MR) is 81.7 cm³/mol. The van der Waals surface area contributed by atoms with Crippen molar-refractivity contribution in [2.75, 3.05) is 20.3 Å². The van der Waals surface area contributed by atoms with Crippen LogP contribution in [0.4, 0.5) is 4.39 Å². The highest BCUT2D eigenvalue weighted by atomic mass is 35.5. The Balaban J connectivity index is 2.37. The number of carbonyl (C=O) groups excluding carboxylic acids is 1. The maximum Gasteiger partial charge on any atom is 0.242 e. The van der Waals surface area contributed by atoms with Gasteiger partial charge in [-0.1, -0.05) is 11.6 Å². The number of aromatic nitrogens is 2. The summed E-state index contributed by atoms with van der Waals surface area (Å²) < 4.78 is 20.3. The van der Waals surface area contributed by atoms with Gasteiger partial charge in [0.15, 0.2) is 4.77 Å².